The fourth-order valence-electron chi connectivity index (χ4n) is 1.55. The van der Waals surface area contributed by atoms with E-state index in [0.29, 0.717) is 0 Å². The number of rotatable bonds is 1. The Bertz CT molecular complexity index is 348. The van der Waals surface area contributed by atoms with Gasteiger partial charge in [-0.3, -0.25) is 0 Å². The fourth-order valence-corrected chi connectivity index (χ4v) is 1.55. The number of furan rings is 1. The average molecular weight is 175 g/mol. The van der Waals surface area contributed by atoms with Gasteiger partial charge in [0.2, 0.25) is 0 Å². The molecule has 0 saturated heterocycles. The number of nitrogens with two attached hydrogens (primary N) is 1. The summed E-state index contributed by atoms with van der Waals surface area (Å²) in [6.45, 7) is 2.18. The molecule has 2 heteroatoms. The van der Waals surface area contributed by atoms with Crippen molar-refractivity contribution in [3.8, 4) is 0 Å². The zero-order valence-electron chi connectivity index (χ0n) is 7.66. The second kappa shape index (κ2) is 2.80. The molecule has 2 rings (SSSR count). The summed E-state index contributed by atoms with van der Waals surface area (Å²) in [4.78, 5) is 0. The predicted octanol–water partition coefficient (Wildman–Crippen LogP) is 2.34. The Hall–Kier alpha value is -1.44. The van der Waals surface area contributed by atoms with E-state index in [9.17, 15) is 0 Å². The first kappa shape index (κ1) is 8.17. The third kappa shape index (κ3) is 1.39. The van der Waals surface area contributed by atoms with Gasteiger partial charge in [-0.2, -0.15) is 0 Å². The second-order valence-electron chi connectivity index (χ2n) is 3.67. The summed E-state index contributed by atoms with van der Waals surface area (Å²) in [6.07, 6.45) is 10.6. The minimum absolute atomic E-state index is 0.0515. The molecule has 0 bridgehead atoms. The third-order valence-electron chi connectivity index (χ3n) is 2.59. The van der Waals surface area contributed by atoms with Crippen molar-refractivity contribution in [2.75, 3.05) is 0 Å². The van der Waals surface area contributed by atoms with Gasteiger partial charge in [0.25, 0.3) is 0 Å². The molecule has 1 aromatic heterocycles. The van der Waals surface area contributed by atoms with Gasteiger partial charge in [0, 0.05) is 16.7 Å². The first-order chi connectivity index (χ1) is 6.21. The topological polar surface area (TPSA) is 39.2 Å². The summed E-state index contributed by atoms with van der Waals surface area (Å²) in [5.41, 5.74) is 7.76. The Kier molecular flexibility index (Phi) is 1.76. The largest absolute Gasteiger partial charge is 0.472 e. The average Bonchev–Trinajstić information content (AvgIpc) is 2.63. The van der Waals surface area contributed by atoms with Crippen LogP contribution >= 0.6 is 0 Å². The van der Waals surface area contributed by atoms with E-state index >= 15 is 0 Å². The fraction of sp³-hybridized carbons (Fsp3) is 0.273. The Morgan fingerprint density at radius 2 is 2.38 bits per heavy atom. The standard InChI is InChI=1S/C11H13NO/c1-11(9-4-7-13-8-9)5-2-10(12)3-6-11/h2-5,7-8H,6,12H2,1H3. The lowest BCUT2D eigenvalue weighted by molar-refractivity contribution is 0.540. The van der Waals surface area contributed by atoms with Crippen molar-refractivity contribution < 1.29 is 4.42 Å². The second-order valence-corrected chi connectivity index (χ2v) is 3.67. The maximum absolute atomic E-state index is 5.66. The van der Waals surface area contributed by atoms with Crippen LogP contribution in [0.5, 0.6) is 0 Å². The molecule has 2 N–H and O–H groups in total. The van der Waals surface area contributed by atoms with Crippen molar-refractivity contribution in [3.63, 3.8) is 0 Å². The molecule has 0 saturated carbocycles. The van der Waals surface area contributed by atoms with Crippen LogP contribution in [-0.4, -0.2) is 0 Å². The Morgan fingerprint density at radius 1 is 1.54 bits per heavy atom. The lowest BCUT2D eigenvalue weighted by Gasteiger charge is -2.25. The predicted molar refractivity (Wildman–Crippen MR) is 52.1 cm³/mol. The van der Waals surface area contributed by atoms with Crippen molar-refractivity contribution in [2.24, 2.45) is 5.73 Å². The van der Waals surface area contributed by atoms with E-state index in [-0.39, 0.29) is 5.41 Å². The summed E-state index contributed by atoms with van der Waals surface area (Å²) in [5, 5.41) is 0. The van der Waals surface area contributed by atoms with E-state index < -0.39 is 0 Å². The molecule has 0 radical (unpaired) electrons. The summed E-state index contributed by atoms with van der Waals surface area (Å²) in [6, 6.07) is 2.00. The normalized spacial score (nSPS) is 27.3. The van der Waals surface area contributed by atoms with E-state index in [2.05, 4.69) is 13.0 Å². The maximum atomic E-state index is 5.66. The molecule has 1 aliphatic carbocycles. The minimum atomic E-state index is 0.0515. The minimum Gasteiger partial charge on any atom is -0.472 e. The van der Waals surface area contributed by atoms with E-state index in [4.69, 9.17) is 10.2 Å². The van der Waals surface area contributed by atoms with Crippen LogP contribution in [0.25, 0.3) is 0 Å². The Morgan fingerprint density at radius 3 is 2.92 bits per heavy atom. The van der Waals surface area contributed by atoms with Gasteiger partial charge < -0.3 is 10.2 Å². The van der Waals surface area contributed by atoms with Gasteiger partial charge in [0.05, 0.1) is 12.5 Å². The van der Waals surface area contributed by atoms with Crippen molar-refractivity contribution in [3.05, 3.63) is 48.1 Å². The zero-order chi connectivity index (χ0) is 9.31. The van der Waals surface area contributed by atoms with Gasteiger partial charge in [-0.25, -0.2) is 0 Å². The molecule has 68 valence electrons. The van der Waals surface area contributed by atoms with E-state index in [1.54, 1.807) is 12.5 Å². The lowest BCUT2D eigenvalue weighted by Crippen LogP contribution is -2.20. The molecular weight excluding hydrogens is 162 g/mol. The highest BCUT2D eigenvalue weighted by Gasteiger charge is 2.25. The molecule has 13 heavy (non-hydrogen) atoms. The number of allylic oxidation sites excluding steroid dienone is 3. The van der Waals surface area contributed by atoms with E-state index in [1.807, 2.05) is 18.2 Å². The molecule has 2 nitrogen and oxygen atoms in total. The molecule has 1 heterocycles. The molecule has 0 aliphatic heterocycles. The van der Waals surface area contributed by atoms with Crippen LogP contribution in [0.3, 0.4) is 0 Å². The van der Waals surface area contributed by atoms with Crippen molar-refractivity contribution in [1.29, 1.82) is 0 Å². The van der Waals surface area contributed by atoms with Gasteiger partial charge in [-0.05, 0) is 18.6 Å². The number of hydrogen-bond acceptors (Lipinski definition) is 2. The first-order valence-corrected chi connectivity index (χ1v) is 4.38. The van der Waals surface area contributed by atoms with Gasteiger partial charge >= 0.3 is 0 Å². The SMILES string of the molecule is CC1(c2ccoc2)C=CC(N)=CC1. The Labute approximate surface area is 77.7 Å². The quantitative estimate of drug-likeness (QED) is 0.711. The molecular formula is C11H13NO. The molecule has 0 amide bonds. The molecule has 0 fully saturated rings. The Balaban J connectivity index is 2.30. The summed E-state index contributed by atoms with van der Waals surface area (Å²) in [7, 11) is 0. The smallest absolute Gasteiger partial charge is 0.0943 e. The summed E-state index contributed by atoms with van der Waals surface area (Å²) in [5.74, 6) is 0. The van der Waals surface area contributed by atoms with Crippen LogP contribution in [0.4, 0.5) is 0 Å². The van der Waals surface area contributed by atoms with Crippen LogP contribution in [0.2, 0.25) is 0 Å². The van der Waals surface area contributed by atoms with E-state index in [1.165, 1.54) is 5.56 Å². The van der Waals surface area contributed by atoms with Crippen LogP contribution in [0.15, 0.2) is 46.9 Å². The van der Waals surface area contributed by atoms with Crippen molar-refractivity contribution in [2.45, 2.75) is 18.8 Å². The highest BCUT2D eigenvalue weighted by Crippen LogP contribution is 2.32. The van der Waals surface area contributed by atoms with Crippen LogP contribution in [-0.2, 0) is 5.41 Å². The molecule has 1 unspecified atom stereocenters. The van der Waals surface area contributed by atoms with Gasteiger partial charge in [-0.1, -0.05) is 19.1 Å². The summed E-state index contributed by atoms with van der Waals surface area (Å²) >= 11 is 0. The van der Waals surface area contributed by atoms with Gasteiger partial charge in [0.15, 0.2) is 0 Å². The monoisotopic (exact) mass is 175 g/mol. The highest BCUT2D eigenvalue weighted by atomic mass is 16.3. The van der Waals surface area contributed by atoms with Crippen molar-refractivity contribution >= 4 is 0 Å². The van der Waals surface area contributed by atoms with Crippen LogP contribution in [0.1, 0.15) is 18.9 Å². The van der Waals surface area contributed by atoms with Crippen LogP contribution < -0.4 is 5.73 Å². The van der Waals surface area contributed by atoms with Gasteiger partial charge in [-0.15, -0.1) is 0 Å². The lowest BCUT2D eigenvalue weighted by atomic mass is 9.78. The third-order valence-corrected chi connectivity index (χ3v) is 2.59. The molecule has 0 aromatic carbocycles. The zero-order valence-corrected chi connectivity index (χ0v) is 7.66. The molecule has 1 aliphatic rings. The molecule has 1 aromatic rings. The summed E-state index contributed by atoms with van der Waals surface area (Å²) < 4.78 is 5.07. The van der Waals surface area contributed by atoms with E-state index in [0.717, 1.165) is 12.1 Å². The first-order valence-electron chi connectivity index (χ1n) is 4.38. The van der Waals surface area contributed by atoms with Crippen molar-refractivity contribution in [1.82, 2.24) is 0 Å². The maximum Gasteiger partial charge on any atom is 0.0943 e. The molecule has 0 spiro atoms. The van der Waals surface area contributed by atoms with Crippen LogP contribution in [0, 0.1) is 0 Å². The number of hydrogen-bond donors (Lipinski definition) is 1. The highest BCUT2D eigenvalue weighted by molar-refractivity contribution is 5.34. The van der Waals surface area contributed by atoms with Gasteiger partial charge in [0.1, 0.15) is 0 Å². The molecule has 1 atom stereocenters.